The highest BCUT2D eigenvalue weighted by molar-refractivity contribution is 5.91. The molecule has 0 aliphatic carbocycles. The number of ether oxygens (including phenoxy) is 1. The third-order valence-electron chi connectivity index (χ3n) is 4.27. The van der Waals surface area contributed by atoms with Crippen molar-refractivity contribution in [2.75, 3.05) is 6.54 Å². The minimum absolute atomic E-state index is 0.0859. The highest BCUT2D eigenvalue weighted by Gasteiger charge is 2.32. The summed E-state index contributed by atoms with van der Waals surface area (Å²) in [7, 11) is 0. The number of alkyl carbamates (subject to hydrolysis) is 1. The molecule has 0 aromatic heterocycles. The average molecular weight is 428 g/mol. The zero-order chi connectivity index (χ0) is 23.6. The Labute approximate surface area is 185 Å². The van der Waals surface area contributed by atoms with Crippen LogP contribution < -0.4 is 10.6 Å². The van der Waals surface area contributed by atoms with Gasteiger partial charge in [0.05, 0.1) is 0 Å². The molecule has 7 heteroatoms. The van der Waals surface area contributed by atoms with E-state index in [0.29, 0.717) is 5.56 Å². The maximum Gasteiger partial charge on any atom is 0.408 e. The topological polar surface area (TPSA) is 87.7 Å². The Morgan fingerprint density at radius 1 is 1.32 bits per heavy atom. The van der Waals surface area contributed by atoms with E-state index in [0.717, 1.165) is 23.3 Å². The minimum Gasteiger partial charge on any atom is -0.444 e. The second-order valence-electron chi connectivity index (χ2n) is 8.22. The van der Waals surface area contributed by atoms with E-state index in [1.807, 2.05) is 19.9 Å². The second-order valence-corrected chi connectivity index (χ2v) is 8.22. The van der Waals surface area contributed by atoms with E-state index in [2.05, 4.69) is 23.3 Å². The lowest BCUT2D eigenvalue weighted by Crippen LogP contribution is -2.47. The summed E-state index contributed by atoms with van der Waals surface area (Å²) >= 11 is 0. The number of hydrogen-bond acceptors (Lipinski definition) is 4. The van der Waals surface area contributed by atoms with Crippen molar-refractivity contribution in [3.63, 3.8) is 0 Å². The first-order valence-corrected chi connectivity index (χ1v) is 10.3. The Morgan fingerprint density at radius 2 is 2.00 bits per heavy atom. The zero-order valence-corrected chi connectivity index (χ0v) is 19.0. The summed E-state index contributed by atoms with van der Waals surface area (Å²) in [5.41, 5.74) is 0.623. The molecule has 7 nitrogen and oxygen atoms in total. The molecule has 0 fully saturated rings. The van der Waals surface area contributed by atoms with Gasteiger partial charge >= 0.3 is 6.09 Å². The molecule has 0 saturated heterocycles. The molecule has 0 heterocycles. The molecule has 0 aliphatic heterocycles. The van der Waals surface area contributed by atoms with Crippen LogP contribution >= 0.6 is 0 Å². The molecule has 0 aliphatic rings. The molecule has 2 N–H and O–H groups in total. The number of amides is 3. The smallest absolute Gasteiger partial charge is 0.408 e. The molecule has 168 valence electrons. The molecule has 1 aromatic carbocycles. The van der Waals surface area contributed by atoms with Crippen molar-refractivity contribution >= 4 is 24.0 Å². The normalized spacial score (nSPS) is 12.6. The quantitative estimate of drug-likeness (QED) is 0.465. The third kappa shape index (κ3) is 8.55. The van der Waals surface area contributed by atoms with Gasteiger partial charge in [-0.25, -0.2) is 4.79 Å². The number of nitrogens with one attached hydrogen (secondary N) is 2. The zero-order valence-electron chi connectivity index (χ0n) is 19.0. The number of benzene rings is 1. The molecule has 0 saturated carbocycles. The first-order valence-electron chi connectivity index (χ1n) is 10.3. The van der Waals surface area contributed by atoms with E-state index >= 15 is 0 Å². The van der Waals surface area contributed by atoms with Gasteiger partial charge in [-0.05, 0) is 51.3 Å². The van der Waals surface area contributed by atoms with Gasteiger partial charge in [0.15, 0.2) is 0 Å². The van der Waals surface area contributed by atoms with Gasteiger partial charge in [0.2, 0.25) is 5.91 Å². The molecule has 1 aromatic rings. The van der Waals surface area contributed by atoms with Crippen LogP contribution in [0.3, 0.4) is 0 Å². The van der Waals surface area contributed by atoms with Gasteiger partial charge in [-0.3, -0.25) is 14.5 Å². The summed E-state index contributed by atoms with van der Waals surface area (Å²) in [4.78, 5) is 38.9. The maximum atomic E-state index is 13.1. The van der Waals surface area contributed by atoms with Crippen molar-refractivity contribution in [1.29, 1.82) is 0 Å². The summed E-state index contributed by atoms with van der Waals surface area (Å²) in [6.45, 7) is 12.4. The monoisotopic (exact) mass is 427 g/mol. The molecule has 31 heavy (non-hydrogen) atoms. The molecule has 0 spiro atoms. The van der Waals surface area contributed by atoms with Crippen LogP contribution in [0.5, 0.6) is 0 Å². The van der Waals surface area contributed by atoms with Crippen LogP contribution in [0.25, 0.3) is 6.08 Å². The van der Waals surface area contributed by atoms with Crippen LogP contribution in [0.2, 0.25) is 0 Å². The molecule has 0 bridgehead atoms. The van der Waals surface area contributed by atoms with Crippen molar-refractivity contribution in [3.8, 4) is 12.5 Å². The van der Waals surface area contributed by atoms with Crippen LogP contribution in [0.15, 0.2) is 30.8 Å². The number of hydrogen-bond donors (Lipinski definition) is 2. The van der Waals surface area contributed by atoms with Gasteiger partial charge in [-0.1, -0.05) is 50.6 Å². The Bertz CT molecular complexity index is 836. The van der Waals surface area contributed by atoms with Crippen molar-refractivity contribution in [2.24, 2.45) is 0 Å². The van der Waals surface area contributed by atoms with E-state index in [1.165, 1.54) is 0 Å². The van der Waals surface area contributed by atoms with Crippen LogP contribution in [-0.2, 0) is 14.3 Å². The minimum atomic E-state index is -1.06. The summed E-state index contributed by atoms with van der Waals surface area (Å²) in [6.07, 6.45) is 8.21. The van der Waals surface area contributed by atoms with Gasteiger partial charge in [-0.2, -0.15) is 0 Å². The maximum absolute atomic E-state index is 13.1. The molecular weight excluding hydrogens is 394 g/mol. The Morgan fingerprint density at radius 3 is 2.55 bits per heavy atom. The highest BCUT2D eigenvalue weighted by Crippen LogP contribution is 2.23. The Hall–Kier alpha value is -3.27. The van der Waals surface area contributed by atoms with E-state index in [9.17, 15) is 14.4 Å². The first-order chi connectivity index (χ1) is 14.5. The number of carbonyl (C=O) groups is 3. The Balaban J connectivity index is 3.14. The van der Waals surface area contributed by atoms with Gasteiger partial charge in [0.25, 0.3) is 5.91 Å². The van der Waals surface area contributed by atoms with Crippen LogP contribution in [-0.4, -0.2) is 41.0 Å². The first kappa shape index (κ1) is 25.8. The van der Waals surface area contributed by atoms with Crippen molar-refractivity contribution in [2.45, 2.75) is 65.1 Å². The number of nitrogens with zero attached hydrogens (tertiary/aromatic N) is 1. The fraction of sp³-hybridized carbons (Fsp3) is 0.458. The lowest BCUT2D eigenvalue weighted by Gasteiger charge is -2.28. The molecule has 2 unspecified atom stereocenters. The summed E-state index contributed by atoms with van der Waals surface area (Å²) in [5.74, 6) is -1.01. The molecule has 3 amide bonds. The number of rotatable bonds is 9. The van der Waals surface area contributed by atoms with E-state index in [4.69, 9.17) is 11.2 Å². The van der Waals surface area contributed by atoms with Crippen LogP contribution in [0.1, 0.15) is 64.6 Å². The largest absolute Gasteiger partial charge is 0.444 e. The van der Waals surface area contributed by atoms with Crippen molar-refractivity contribution < 1.29 is 19.1 Å². The number of carbonyl (C=O) groups excluding carboxylic acids is 3. The average Bonchev–Trinajstić information content (AvgIpc) is 2.68. The second kappa shape index (κ2) is 11.8. The van der Waals surface area contributed by atoms with Crippen molar-refractivity contribution in [3.05, 3.63) is 42.0 Å². The van der Waals surface area contributed by atoms with Crippen LogP contribution in [0, 0.1) is 12.5 Å². The predicted molar refractivity (Wildman–Crippen MR) is 122 cm³/mol. The summed E-state index contributed by atoms with van der Waals surface area (Å²) in [5, 5.41) is 5.30. The predicted octanol–water partition coefficient (Wildman–Crippen LogP) is 3.62. The third-order valence-corrected chi connectivity index (χ3v) is 4.27. The van der Waals surface area contributed by atoms with Gasteiger partial charge in [-0.15, -0.1) is 0 Å². The molecule has 0 radical (unpaired) electrons. The van der Waals surface area contributed by atoms with E-state index < -0.39 is 36.1 Å². The fourth-order valence-corrected chi connectivity index (χ4v) is 2.94. The molecular formula is C24H33N3O4. The summed E-state index contributed by atoms with van der Waals surface area (Å²) in [6, 6.07) is 8.23. The lowest BCUT2D eigenvalue weighted by atomic mass is 10.0. The summed E-state index contributed by atoms with van der Waals surface area (Å²) < 4.78 is 5.14. The van der Waals surface area contributed by atoms with Crippen molar-refractivity contribution in [1.82, 2.24) is 15.5 Å². The number of terminal acetylenes is 1. The molecule has 2 atom stereocenters. The van der Waals surface area contributed by atoms with E-state index in [-0.39, 0.29) is 6.04 Å². The van der Waals surface area contributed by atoms with E-state index in [1.54, 1.807) is 45.0 Å². The highest BCUT2D eigenvalue weighted by atomic mass is 16.6. The Kier molecular flexibility index (Phi) is 9.81. The van der Waals surface area contributed by atoms with Gasteiger partial charge in [0.1, 0.15) is 18.2 Å². The fourth-order valence-electron chi connectivity index (χ4n) is 2.94. The SMILES string of the molecule is C#CN(C(=O)CNC(=O)OC(C)(C)C)C(C(=O)NC(C)CCC)c1cccc(C=C)c1. The van der Waals surface area contributed by atoms with Gasteiger partial charge < -0.3 is 15.4 Å². The van der Waals surface area contributed by atoms with Crippen LogP contribution in [0.4, 0.5) is 4.79 Å². The standard InChI is InChI=1S/C24H33N3O4/c1-8-12-17(4)26-22(29)21(19-14-11-13-18(9-2)15-19)27(10-3)20(28)16-25-23(30)31-24(5,6)7/h3,9,11,13-15,17,21H,2,8,12,16H2,1,4-7H3,(H,25,30)(H,26,29). The lowest BCUT2D eigenvalue weighted by molar-refractivity contribution is -0.136. The van der Waals surface area contributed by atoms with Gasteiger partial charge in [0, 0.05) is 12.1 Å². The molecule has 1 rings (SSSR count).